The van der Waals surface area contributed by atoms with Gasteiger partial charge in [-0.3, -0.25) is 0 Å². The summed E-state index contributed by atoms with van der Waals surface area (Å²) in [6.07, 6.45) is 7.62. The van der Waals surface area contributed by atoms with Crippen molar-refractivity contribution in [1.82, 2.24) is 0 Å². The number of benzene rings is 1. The summed E-state index contributed by atoms with van der Waals surface area (Å²) in [4.78, 5) is 0. The van der Waals surface area contributed by atoms with Crippen LogP contribution in [0, 0.1) is 0 Å². The second-order valence-electron chi connectivity index (χ2n) is 4.31. The van der Waals surface area contributed by atoms with Crippen LogP contribution in [-0.4, -0.2) is 11.7 Å². The minimum absolute atomic E-state index is 0.122. The molecule has 0 heterocycles. The van der Waals surface area contributed by atoms with Crippen molar-refractivity contribution in [2.75, 3.05) is 6.61 Å². The lowest BCUT2D eigenvalue weighted by Gasteiger charge is -2.18. The van der Waals surface area contributed by atoms with Gasteiger partial charge < -0.3 is 5.11 Å². The zero-order chi connectivity index (χ0) is 11.4. The van der Waals surface area contributed by atoms with Crippen LogP contribution in [0.1, 0.15) is 30.9 Å². The van der Waals surface area contributed by atoms with Gasteiger partial charge in [0.25, 0.3) is 0 Å². The molecule has 0 amide bonds. The summed E-state index contributed by atoms with van der Waals surface area (Å²) < 4.78 is 0. The van der Waals surface area contributed by atoms with Gasteiger partial charge in [-0.1, -0.05) is 42.0 Å². The van der Waals surface area contributed by atoms with Gasteiger partial charge >= 0.3 is 0 Å². The lowest BCUT2D eigenvalue weighted by molar-refractivity contribution is 0.342. The Morgan fingerprint density at radius 3 is 2.94 bits per heavy atom. The largest absolute Gasteiger partial charge is 0.392 e. The second-order valence-corrected chi connectivity index (χ2v) is 4.31. The zero-order valence-electron chi connectivity index (χ0n) is 9.74. The van der Waals surface area contributed by atoms with E-state index in [9.17, 15) is 0 Å². The molecule has 1 aromatic rings. The Morgan fingerprint density at radius 1 is 1.31 bits per heavy atom. The van der Waals surface area contributed by atoms with E-state index in [0.717, 1.165) is 12.0 Å². The fourth-order valence-corrected chi connectivity index (χ4v) is 2.28. The fraction of sp³-hybridized carbons (Fsp3) is 0.333. The minimum atomic E-state index is 0.122. The molecule has 2 rings (SSSR count). The fourth-order valence-electron chi connectivity index (χ4n) is 2.28. The quantitative estimate of drug-likeness (QED) is 0.800. The molecule has 0 aromatic heterocycles. The minimum Gasteiger partial charge on any atom is -0.392 e. The molecule has 0 unspecified atom stereocenters. The first-order valence-electron chi connectivity index (χ1n) is 5.87. The van der Waals surface area contributed by atoms with Crippen LogP contribution in [0.4, 0.5) is 0 Å². The summed E-state index contributed by atoms with van der Waals surface area (Å²) in [6, 6.07) is 8.63. The van der Waals surface area contributed by atoms with Gasteiger partial charge in [-0.05, 0) is 42.9 Å². The number of aliphatic hydroxyl groups is 1. The Labute approximate surface area is 97.1 Å². The van der Waals surface area contributed by atoms with Gasteiger partial charge in [-0.2, -0.15) is 0 Å². The van der Waals surface area contributed by atoms with Crippen LogP contribution in [0.25, 0.3) is 5.57 Å². The summed E-state index contributed by atoms with van der Waals surface area (Å²) in [5.74, 6) is 0. The monoisotopic (exact) mass is 214 g/mol. The molecule has 0 radical (unpaired) electrons. The molecule has 1 aliphatic rings. The molecular weight excluding hydrogens is 196 g/mol. The molecule has 1 aromatic carbocycles. The number of rotatable bonds is 2. The third-order valence-electron chi connectivity index (χ3n) is 3.07. The van der Waals surface area contributed by atoms with Gasteiger partial charge in [0.2, 0.25) is 0 Å². The molecule has 84 valence electrons. The van der Waals surface area contributed by atoms with Crippen molar-refractivity contribution in [2.45, 2.75) is 26.2 Å². The molecule has 1 heteroatoms. The highest BCUT2D eigenvalue weighted by atomic mass is 16.2. The normalized spacial score (nSPS) is 18.6. The maximum absolute atomic E-state index is 8.86. The van der Waals surface area contributed by atoms with E-state index in [1.54, 1.807) is 0 Å². The molecular formula is C15H18O. The third kappa shape index (κ3) is 2.42. The second kappa shape index (κ2) is 5.13. The van der Waals surface area contributed by atoms with Gasteiger partial charge in [0.05, 0.1) is 6.61 Å². The first-order chi connectivity index (χ1) is 7.81. The first-order valence-corrected chi connectivity index (χ1v) is 5.87. The Kier molecular flexibility index (Phi) is 3.58. The number of aliphatic hydroxyl groups excluding tert-OH is 1. The Balaban J connectivity index is 2.35. The Hall–Kier alpha value is -1.34. The zero-order valence-corrected chi connectivity index (χ0v) is 9.74. The molecule has 1 aliphatic carbocycles. The molecule has 1 N–H and O–H groups in total. The number of aryl methyl sites for hydroxylation is 1. The first kappa shape index (κ1) is 11.2. The molecule has 0 bridgehead atoms. The van der Waals surface area contributed by atoms with Crippen molar-refractivity contribution < 1.29 is 5.11 Å². The summed E-state index contributed by atoms with van der Waals surface area (Å²) in [5.41, 5.74) is 5.40. The highest BCUT2D eigenvalue weighted by Gasteiger charge is 2.12. The molecule has 0 atom stereocenters. The van der Waals surface area contributed by atoms with Gasteiger partial charge in [0.1, 0.15) is 0 Å². The molecule has 0 fully saturated rings. The van der Waals surface area contributed by atoms with Crippen LogP contribution in [0.3, 0.4) is 0 Å². The van der Waals surface area contributed by atoms with Crippen molar-refractivity contribution in [1.29, 1.82) is 0 Å². The van der Waals surface area contributed by atoms with E-state index >= 15 is 0 Å². The summed E-state index contributed by atoms with van der Waals surface area (Å²) >= 11 is 0. The van der Waals surface area contributed by atoms with Crippen molar-refractivity contribution in [2.24, 2.45) is 0 Å². The third-order valence-corrected chi connectivity index (χ3v) is 3.07. The number of allylic oxidation sites excluding steroid dienone is 3. The van der Waals surface area contributed by atoms with Crippen LogP contribution < -0.4 is 0 Å². The average molecular weight is 214 g/mol. The van der Waals surface area contributed by atoms with E-state index in [4.69, 9.17) is 5.11 Å². The lowest BCUT2D eigenvalue weighted by Crippen LogP contribution is -2.01. The van der Waals surface area contributed by atoms with Gasteiger partial charge in [0, 0.05) is 0 Å². The number of hydrogen-bond acceptors (Lipinski definition) is 1. The molecule has 0 spiro atoms. The molecule has 0 aliphatic heterocycles. The highest BCUT2D eigenvalue weighted by molar-refractivity contribution is 5.71. The van der Waals surface area contributed by atoms with Gasteiger partial charge in [-0.15, -0.1) is 0 Å². The van der Waals surface area contributed by atoms with E-state index in [2.05, 4.69) is 30.3 Å². The van der Waals surface area contributed by atoms with Crippen LogP contribution in [-0.2, 0) is 6.42 Å². The maximum Gasteiger partial charge on any atom is 0.0617 e. The molecule has 16 heavy (non-hydrogen) atoms. The lowest BCUT2D eigenvalue weighted by atomic mass is 9.86. The summed E-state index contributed by atoms with van der Waals surface area (Å²) in [6.45, 7) is 2.16. The van der Waals surface area contributed by atoms with Crippen LogP contribution >= 0.6 is 0 Å². The molecule has 1 nitrogen and oxygen atoms in total. The molecule has 0 saturated carbocycles. The highest BCUT2D eigenvalue weighted by Crippen LogP contribution is 2.31. The molecule has 0 saturated heterocycles. The number of hydrogen-bond donors (Lipinski definition) is 1. The predicted octanol–water partition coefficient (Wildman–Crippen LogP) is 3.34. The van der Waals surface area contributed by atoms with Crippen molar-refractivity contribution in [3.05, 3.63) is 53.1 Å². The predicted molar refractivity (Wildman–Crippen MR) is 68.2 cm³/mol. The standard InChI is InChI=1S/C15H18O/c1-12(9-10-16)11-14-7-4-6-13-5-2-3-8-15(13)14/h2-3,5,8-9,11,16H,4,6-7,10H2,1H3/b12-9+,14-11+. The van der Waals surface area contributed by atoms with Crippen molar-refractivity contribution in [3.63, 3.8) is 0 Å². The van der Waals surface area contributed by atoms with E-state index in [1.165, 1.54) is 29.5 Å². The van der Waals surface area contributed by atoms with Gasteiger partial charge in [0.15, 0.2) is 0 Å². The SMILES string of the molecule is CC(=C\CO)/C=C1\CCCc2ccccc21. The summed E-state index contributed by atoms with van der Waals surface area (Å²) in [7, 11) is 0. The summed E-state index contributed by atoms with van der Waals surface area (Å²) in [5, 5.41) is 8.86. The van der Waals surface area contributed by atoms with E-state index in [0.29, 0.717) is 0 Å². The van der Waals surface area contributed by atoms with Crippen LogP contribution in [0.5, 0.6) is 0 Å². The number of fused-ring (bicyclic) bond motifs is 1. The van der Waals surface area contributed by atoms with E-state index in [1.807, 2.05) is 13.0 Å². The maximum atomic E-state index is 8.86. The van der Waals surface area contributed by atoms with E-state index < -0.39 is 0 Å². The van der Waals surface area contributed by atoms with Crippen LogP contribution in [0.2, 0.25) is 0 Å². The van der Waals surface area contributed by atoms with Crippen molar-refractivity contribution >= 4 is 5.57 Å². The van der Waals surface area contributed by atoms with Gasteiger partial charge in [-0.25, -0.2) is 0 Å². The average Bonchev–Trinajstić information content (AvgIpc) is 2.30. The van der Waals surface area contributed by atoms with Crippen molar-refractivity contribution in [3.8, 4) is 0 Å². The topological polar surface area (TPSA) is 20.2 Å². The Bertz CT molecular complexity index is 427. The smallest absolute Gasteiger partial charge is 0.0617 e. The van der Waals surface area contributed by atoms with Crippen LogP contribution in [0.15, 0.2) is 42.0 Å². The Morgan fingerprint density at radius 2 is 2.12 bits per heavy atom. The van der Waals surface area contributed by atoms with E-state index in [-0.39, 0.29) is 6.61 Å².